The lowest BCUT2D eigenvalue weighted by molar-refractivity contribution is 0.767. The first-order chi connectivity index (χ1) is 6.74. The summed E-state index contributed by atoms with van der Waals surface area (Å²) in [6.45, 7) is 2.14. The Morgan fingerprint density at radius 2 is 2.43 bits per heavy atom. The molecular formula is C10H17N3S. The fourth-order valence-electron chi connectivity index (χ4n) is 1.14. The van der Waals surface area contributed by atoms with Gasteiger partial charge in [-0.3, -0.25) is 0 Å². The van der Waals surface area contributed by atoms with E-state index in [1.54, 1.807) is 6.20 Å². The van der Waals surface area contributed by atoms with Gasteiger partial charge in [-0.15, -0.1) is 0 Å². The first-order valence-electron chi connectivity index (χ1n) is 4.70. The molecule has 0 bridgehead atoms. The Labute approximate surface area is 89.5 Å². The average molecular weight is 211 g/mol. The molecule has 0 saturated carbocycles. The summed E-state index contributed by atoms with van der Waals surface area (Å²) in [5.74, 6) is 1.95. The summed E-state index contributed by atoms with van der Waals surface area (Å²) in [4.78, 5) is 4.18. The van der Waals surface area contributed by atoms with Gasteiger partial charge in [0.05, 0.1) is 5.69 Å². The van der Waals surface area contributed by atoms with Crippen molar-refractivity contribution in [2.75, 3.05) is 23.1 Å². The number of thioether (sulfide) groups is 1. The molecule has 0 amide bonds. The van der Waals surface area contributed by atoms with E-state index < -0.39 is 0 Å². The van der Waals surface area contributed by atoms with E-state index in [9.17, 15) is 0 Å². The zero-order valence-electron chi connectivity index (χ0n) is 8.66. The molecule has 0 aliphatic carbocycles. The summed E-state index contributed by atoms with van der Waals surface area (Å²) in [6, 6.07) is 4.11. The number of anilines is 2. The monoisotopic (exact) mass is 211 g/mol. The standard InChI is InChI=1S/C10H17N3S/c1-8(5-7-14-2)13-10-9(11)4-3-6-12-10/h3-4,6,8H,5,7,11H2,1-2H3,(H,12,13). The minimum atomic E-state index is 0.416. The van der Waals surface area contributed by atoms with Crippen molar-refractivity contribution in [3.8, 4) is 0 Å². The molecule has 0 aromatic carbocycles. The molecule has 1 heterocycles. The molecule has 1 aromatic rings. The van der Waals surface area contributed by atoms with Crippen LogP contribution in [0.15, 0.2) is 18.3 Å². The summed E-state index contributed by atoms with van der Waals surface area (Å²) in [5, 5.41) is 3.30. The topological polar surface area (TPSA) is 50.9 Å². The molecule has 0 aliphatic rings. The number of hydrogen-bond donors (Lipinski definition) is 2. The predicted molar refractivity (Wildman–Crippen MR) is 64.7 cm³/mol. The Balaban J connectivity index is 2.47. The van der Waals surface area contributed by atoms with Crippen molar-refractivity contribution in [3.05, 3.63) is 18.3 Å². The highest BCUT2D eigenvalue weighted by molar-refractivity contribution is 7.98. The number of nitrogens with one attached hydrogen (secondary N) is 1. The lowest BCUT2D eigenvalue weighted by Crippen LogP contribution is -2.17. The van der Waals surface area contributed by atoms with Crippen molar-refractivity contribution < 1.29 is 0 Å². The minimum absolute atomic E-state index is 0.416. The van der Waals surface area contributed by atoms with Gasteiger partial charge in [-0.05, 0) is 37.5 Å². The van der Waals surface area contributed by atoms with Gasteiger partial charge in [0.25, 0.3) is 0 Å². The van der Waals surface area contributed by atoms with Gasteiger partial charge in [0.15, 0.2) is 0 Å². The van der Waals surface area contributed by atoms with Crippen LogP contribution >= 0.6 is 11.8 Å². The van der Waals surface area contributed by atoms with Crippen LogP contribution in [0.4, 0.5) is 11.5 Å². The molecule has 0 fully saturated rings. The first kappa shape index (κ1) is 11.2. The van der Waals surface area contributed by atoms with E-state index in [1.165, 1.54) is 0 Å². The molecular weight excluding hydrogens is 194 g/mol. The third kappa shape index (κ3) is 3.46. The van der Waals surface area contributed by atoms with Crippen molar-refractivity contribution >= 4 is 23.3 Å². The Hall–Kier alpha value is -0.900. The Bertz CT molecular complexity index is 278. The van der Waals surface area contributed by atoms with E-state index in [0.29, 0.717) is 11.7 Å². The van der Waals surface area contributed by atoms with Crippen LogP contribution in [0, 0.1) is 0 Å². The van der Waals surface area contributed by atoms with Gasteiger partial charge < -0.3 is 11.1 Å². The lowest BCUT2D eigenvalue weighted by atomic mass is 10.2. The summed E-state index contributed by atoms with van der Waals surface area (Å²) >= 11 is 1.85. The van der Waals surface area contributed by atoms with Crippen molar-refractivity contribution in [3.63, 3.8) is 0 Å². The summed E-state index contributed by atoms with van der Waals surface area (Å²) < 4.78 is 0. The molecule has 4 heteroatoms. The van der Waals surface area contributed by atoms with E-state index in [1.807, 2.05) is 23.9 Å². The third-order valence-corrected chi connectivity index (χ3v) is 2.62. The Kier molecular flexibility index (Phi) is 4.59. The maximum Gasteiger partial charge on any atom is 0.149 e. The van der Waals surface area contributed by atoms with E-state index in [0.717, 1.165) is 18.0 Å². The van der Waals surface area contributed by atoms with E-state index in [-0.39, 0.29) is 0 Å². The molecule has 3 nitrogen and oxygen atoms in total. The van der Waals surface area contributed by atoms with E-state index >= 15 is 0 Å². The van der Waals surface area contributed by atoms with E-state index in [4.69, 9.17) is 5.73 Å². The van der Waals surface area contributed by atoms with Gasteiger partial charge in [0.2, 0.25) is 0 Å². The maximum atomic E-state index is 5.77. The van der Waals surface area contributed by atoms with Crippen molar-refractivity contribution in [2.45, 2.75) is 19.4 Å². The van der Waals surface area contributed by atoms with Gasteiger partial charge in [0.1, 0.15) is 5.82 Å². The van der Waals surface area contributed by atoms with Gasteiger partial charge in [-0.2, -0.15) is 11.8 Å². The highest BCUT2D eigenvalue weighted by Gasteiger charge is 2.04. The van der Waals surface area contributed by atoms with Crippen LogP contribution in [0.2, 0.25) is 0 Å². The van der Waals surface area contributed by atoms with Gasteiger partial charge >= 0.3 is 0 Å². The van der Waals surface area contributed by atoms with Gasteiger partial charge in [-0.1, -0.05) is 0 Å². The highest BCUT2D eigenvalue weighted by atomic mass is 32.2. The number of nitrogens with zero attached hydrogens (tertiary/aromatic N) is 1. The molecule has 0 radical (unpaired) electrons. The quantitative estimate of drug-likeness (QED) is 0.784. The van der Waals surface area contributed by atoms with Crippen LogP contribution in [0.5, 0.6) is 0 Å². The fourth-order valence-corrected chi connectivity index (χ4v) is 1.73. The maximum absolute atomic E-state index is 5.77. The van der Waals surface area contributed by atoms with E-state index in [2.05, 4.69) is 23.5 Å². The number of nitrogens with two attached hydrogens (primary N) is 1. The summed E-state index contributed by atoms with van der Waals surface area (Å²) in [7, 11) is 0. The summed E-state index contributed by atoms with van der Waals surface area (Å²) in [5.41, 5.74) is 6.48. The van der Waals surface area contributed by atoms with Crippen molar-refractivity contribution in [1.82, 2.24) is 4.98 Å². The molecule has 0 aliphatic heterocycles. The van der Waals surface area contributed by atoms with Crippen LogP contribution in [0.25, 0.3) is 0 Å². The molecule has 1 rings (SSSR count). The average Bonchev–Trinajstić information content (AvgIpc) is 2.18. The molecule has 1 aromatic heterocycles. The van der Waals surface area contributed by atoms with Crippen LogP contribution in [-0.2, 0) is 0 Å². The smallest absolute Gasteiger partial charge is 0.149 e. The second-order valence-electron chi connectivity index (χ2n) is 3.27. The minimum Gasteiger partial charge on any atom is -0.396 e. The number of nitrogen functional groups attached to an aromatic ring is 1. The molecule has 3 N–H and O–H groups in total. The second-order valence-corrected chi connectivity index (χ2v) is 4.25. The lowest BCUT2D eigenvalue weighted by Gasteiger charge is -2.14. The van der Waals surface area contributed by atoms with Crippen LogP contribution in [0.1, 0.15) is 13.3 Å². The highest BCUT2D eigenvalue weighted by Crippen LogP contribution is 2.15. The van der Waals surface area contributed by atoms with Gasteiger partial charge in [0, 0.05) is 12.2 Å². The predicted octanol–water partition coefficient (Wildman–Crippen LogP) is 2.22. The number of aromatic nitrogens is 1. The number of pyridine rings is 1. The fraction of sp³-hybridized carbons (Fsp3) is 0.500. The Morgan fingerprint density at radius 1 is 1.64 bits per heavy atom. The Morgan fingerprint density at radius 3 is 3.07 bits per heavy atom. The van der Waals surface area contributed by atoms with Crippen LogP contribution in [0.3, 0.4) is 0 Å². The van der Waals surface area contributed by atoms with Crippen molar-refractivity contribution in [2.24, 2.45) is 0 Å². The zero-order chi connectivity index (χ0) is 10.4. The zero-order valence-corrected chi connectivity index (χ0v) is 9.47. The molecule has 14 heavy (non-hydrogen) atoms. The normalized spacial score (nSPS) is 12.4. The molecule has 0 spiro atoms. The largest absolute Gasteiger partial charge is 0.396 e. The summed E-state index contributed by atoms with van der Waals surface area (Å²) in [6.07, 6.45) is 4.99. The van der Waals surface area contributed by atoms with Crippen molar-refractivity contribution in [1.29, 1.82) is 0 Å². The van der Waals surface area contributed by atoms with Crippen LogP contribution < -0.4 is 11.1 Å². The third-order valence-electron chi connectivity index (χ3n) is 1.98. The molecule has 0 saturated heterocycles. The first-order valence-corrected chi connectivity index (χ1v) is 6.09. The molecule has 1 atom stereocenters. The molecule has 1 unspecified atom stereocenters. The molecule has 78 valence electrons. The SMILES string of the molecule is CSCCC(C)Nc1ncccc1N. The van der Waals surface area contributed by atoms with Crippen LogP contribution in [-0.4, -0.2) is 23.0 Å². The number of hydrogen-bond acceptors (Lipinski definition) is 4. The van der Waals surface area contributed by atoms with Gasteiger partial charge in [-0.25, -0.2) is 4.98 Å². The second kappa shape index (κ2) is 5.75. The number of rotatable bonds is 5.